The van der Waals surface area contributed by atoms with E-state index in [4.69, 9.17) is 0 Å². The molecule has 0 aliphatic carbocycles. The van der Waals surface area contributed by atoms with Gasteiger partial charge in [0.25, 0.3) is 5.91 Å². The van der Waals surface area contributed by atoms with Crippen LogP contribution in [0.2, 0.25) is 0 Å². The molecule has 0 saturated carbocycles. The summed E-state index contributed by atoms with van der Waals surface area (Å²) < 4.78 is 26.7. The zero-order valence-electron chi connectivity index (χ0n) is 14.8. The van der Waals surface area contributed by atoms with Crippen molar-refractivity contribution in [1.82, 2.24) is 19.6 Å². The van der Waals surface area contributed by atoms with E-state index < -0.39 is 10.0 Å². The molecular weight excluding hydrogens is 352 g/mol. The Labute approximate surface area is 153 Å². The third kappa shape index (κ3) is 4.08. The summed E-state index contributed by atoms with van der Waals surface area (Å²) in [6.45, 7) is 4.32. The first-order valence-electron chi connectivity index (χ1n) is 8.54. The second kappa shape index (κ2) is 7.51. The maximum absolute atomic E-state index is 12.6. The lowest BCUT2D eigenvalue weighted by molar-refractivity contribution is 0.0918. The molecule has 0 bridgehead atoms. The molecule has 7 nitrogen and oxygen atoms in total. The second-order valence-corrected chi connectivity index (χ2v) is 8.34. The van der Waals surface area contributed by atoms with Gasteiger partial charge >= 0.3 is 0 Å². The first kappa shape index (κ1) is 18.5. The van der Waals surface area contributed by atoms with Crippen LogP contribution in [0.3, 0.4) is 0 Å². The van der Waals surface area contributed by atoms with Crippen LogP contribution in [-0.4, -0.2) is 47.7 Å². The van der Waals surface area contributed by atoms with Crippen LogP contribution in [0.1, 0.15) is 34.8 Å². The Hall–Kier alpha value is -2.32. The predicted octanol–water partition coefficient (Wildman–Crippen LogP) is 1.68. The molecule has 1 saturated heterocycles. The van der Waals surface area contributed by atoms with Crippen molar-refractivity contribution in [2.45, 2.75) is 37.6 Å². The van der Waals surface area contributed by atoms with Gasteiger partial charge in [-0.3, -0.25) is 4.79 Å². The highest BCUT2D eigenvalue weighted by molar-refractivity contribution is 7.89. The van der Waals surface area contributed by atoms with Crippen molar-refractivity contribution < 1.29 is 13.2 Å². The fourth-order valence-corrected chi connectivity index (χ4v) is 4.57. The minimum atomic E-state index is -3.48. The lowest BCUT2D eigenvalue weighted by atomic mass is 10.1. The van der Waals surface area contributed by atoms with Crippen molar-refractivity contribution in [2.75, 3.05) is 13.1 Å². The van der Waals surface area contributed by atoms with E-state index in [0.29, 0.717) is 42.3 Å². The van der Waals surface area contributed by atoms with Gasteiger partial charge in [-0.05, 0) is 44.9 Å². The molecule has 138 valence electrons. The Morgan fingerprint density at radius 3 is 2.38 bits per heavy atom. The summed E-state index contributed by atoms with van der Waals surface area (Å²) in [6.07, 6.45) is 1.14. The Morgan fingerprint density at radius 2 is 1.77 bits per heavy atom. The monoisotopic (exact) mass is 374 g/mol. The number of benzene rings is 1. The zero-order valence-corrected chi connectivity index (χ0v) is 15.7. The summed E-state index contributed by atoms with van der Waals surface area (Å²) in [7, 11) is -3.48. The SMILES string of the molecule is Cc1cc(C(=O)NC2CCN(S(=O)(=O)c3ccccc3)CC2)nc(C)n1. The summed E-state index contributed by atoms with van der Waals surface area (Å²) >= 11 is 0. The fraction of sp³-hybridized carbons (Fsp3) is 0.389. The Morgan fingerprint density at radius 1 is 1.12 bits per heavy atom. The van der Waals surface area contributed by atoms with Crippen LogP contribution in [0.25, 0.3) is 0 Å². The standard InChI is InChI=1S/C18H22N4O3S/c1-13-12-17(20-14(2)19-13)18(23)21-15-8-10-22(11-9-15)26(24,25)16-6-4-3-5-7-16/h3-7,12,15H,8-11H2,1-2H3,(H,21,23). The number of hydrogen-bond donors (Lipinski definition) is 1. The maximum atomic E-state index is 12.6. The van der Waals surface area contributed by atoms with Gasteiger partial charge in [-0.1, -0.05) is 18.2 Å². The molecule has 0 radical (unpaired) electrons. The summed E-state index contributed by atoms with van der Waals surface area (Å²) in [5, 5.41) is 2.95. The van der Waals surface area contributed by atoms with Gasteiger partial charge in [0.1, 0.15) is 11.5 Å². The third-order valence-corrected chi connectivity index (χ3v) is 6.28. The molecule has 2 heterocycles. The number of sulfonamides is 1. The number of carbonyl (C=O) groups is 1. The van der Waals surface area contributed by atoms with E-state index >= 15 is 0 Å². The molecule has 1 aliphatic heterocycles. The van der Waals surface area contributed by atoms with Crippen LogP contribution in [0.4, 0.5) is 0 Å². The van der Waals surface area contributed by atoms with Gasteiger partial charge in [0.05, 0.1) is 4.90 Å². The van der Waals surface area contributed by atoms with E-state index in [-0.39, 0.29) is 11.9 Å². The van der Waals surface area contributed by atoms with Crippen LogP contribution >= 0.6 is 0 Å². The number of nitrogens with one attached hydrogen (secondary N) is 1. The molecule has 0 unspecified atom stereocenters. The van der Waals surface area contributed by atoms with Gasteiger partial charge in [0.15, 0.2) is 0 Å². The van der Waals surface area contributed by atoms with E-state index in [1.54, 1.807) is 43.3 Å². The number of piperidine rings is 1. The van der Waals surface area contributed by atoms with Gasteiger partial charge in [-0.2, -0.15) is 4.31 Å². The number of rotatable bonds is 4. The Kier molecular flexibility index (Phi) is 5.33. The number of aromatic nitrogens is 2. The quantitative estimate of drug-likeness (QED) is 0.879. The molecule has 1 aromatic heterocycles. The first-order chi connectivity index (χ1) is 12.4. The number of amides is 1. The Bertz CT molecular complexity index is 872. The minimum Gasteiger partial charge on any atom is -0.348 e. The highest BCUT2D eigenvalue weighted by Gasteiger charge is 2.30. The van der Waals surface area contributed by atoms with Gasteiger partial charge in [-0.25, -0.2) is 18.4 Å². The van der Waals surface area contributed by atoms with Crippen molar-refractivity contribution in [3.63, 3.8) is 0 Å². The number of nitrogens with zero attached hydrogens (tertiary/aromatic N) is 3. The van der Waals surface area contributed by atoms with Crippen molar-refractivity contribution in [2.24, 2.45) is 0 Å². The van der Waals surface area contributed by atoms with Crippen LogP contribution in [0.15, 0.2) is 41.3 Å². The lowest BCUT2D eigenvalue weighted by Gasteiger charge is -2.31. The van der Waals surface area contributed by atoms with Crippen LogP contribution < -0.4 is 5.32 Å². The molecule has 1 N–H and O–H groups in total. The molecule has 8 heteroatoms. The van der Waals surface area contributed by atoms with E-state index in [1.165, 1.54) is 4.31 Å². The molecule has 1 aliphatic rings. The van der Waals surface area contributed by atoms with Crippen LogP contribution in [0.5, 0.6) is 0 Å². The Balaban J connectivity index is 1.61. The predicted molar refractivity (Wildman–Crippen MR) is 97.2 cm³/mol. The van der Waals surface area contributed by atoms with Gasteiger partial charge in [-0.15, -0.1) is 0 Å². The normalized spacial score (nSPS) is 16.4. The van der Waals surface area contributed by atoms with Crippen LogP contribution in [0, 0.1) is 13.8 Å². The second-order valence-electron chi connectivity index (χ2n) is 6.41. The zero-order chi connectivity index (χ0) is 18.7. The molecule has 26 heavy (non-hydrogen) atoms. The molecule has 0 atom stereocenters. The van der Waals surface area contributed by atoms with Gasteiger partial charge < -0.3 is 5.32 Å². The van der Waals surface area contributed by atoms with Crippen molar-refractivity contribution in [3.05, 3.63) is 53.6 Å². The average Bonchev–Trinajstić information content (AvgIpc) is 2.62. The van der Waals surface area contributed by atoms with Crippen LogP contribution in [-0.2, 0) is 10.0 Å². The summed E-state index contributed by atoms with van der Waals surface area (Å²) in [4.78, 5) is 21.0. The topological polar surface area (TPSA) is 92.3 Å². The number of aryl methyl sites for hydroxylation is 2. The molecule has 0 spiro atoms. The molecule has 1 aromatic carbocycles. The van der Waals surface area contributed by atoms with Crippen molar-refractivity contribution in [1.29, 1.82) is 0 Å². The van der Waals surface area contributed by atoms with Gasteiger partial charge in [0.2, 0.25) is 10.0 Å². The molecule has 2 aromatic rings. The molecule has 3 rings (SSSR count). The highest BCUT2D eigenvalue weighted by Crippen LogP contribution is 2.20. The maximum Gasteiger partial charge on any atom is 0.270 e. The smallest absolute Gasteiger partial charge is 0.270 e. The van der Waals surface area contributed by atoms with Crippen molar-refractivity contribution >= 4 is 15.9 Å². The first-order valence-corrected chi connectivity index (χ1v) is 9.98. The minimum absolute atomic E-state index is 0.0692. The third-order valence-electron chi connectivity index (χ3n) is 4.37. The number of hydrogen-bond acceptors (Lipinski definition) is 5. The molecular formula is C18H22N4O3S. The highest BCUT2D eigenvalue weighted by atomic mass is 32.2. The van der Waals surface area contributed by atoms with E-state index in [0.717, 1.165) is 5.69 Å². The van der Waals surface area contributed by atoms with Crippen molar-refractivity contribution in [3.8, 4) is 0 Å². The van der Waals surface area contributed by atoms with E-state index in [1.807, 2.05) is 6.92 Å². The molecule has 1 fully saturated rings. The summed E-state index contributed by atoms with van der Waals surface area (Å²) in [5.74, 6) is 0.307. The average molecular weight is 374 g/mol. The fourth-order valence-electron chi connectivity index (χ4n) is 3.07. The summed E-state index contributed by atoms with van der Waals surface area (Å²) in [6, 6.07) is 10.00. The van der Waals surface area contributed by atoms with E-state index in [9.17, 15) is 13.2 Å². The number of carbonyl (C=O) groups excluding carboxylic acids is 1. The largest absolute Gasteiger partial charge is 0.348 e. The van der Waals surface area contributed by atoms with Gasteiger partial charge in [0, 0.05) is 24.8 Å². The summed E-state index contributed by atoms with van der Waals surface area (Å²) in [5.41, 5.74) is 1.08. The van der Waals surface area contributed by atoms with E-state index in [2.05, 4.69) is 15.3 Å². The molecule has 1 amide bonds. The lowest BCUT2D eigenvalue weighted by Crippen LogP contribution is -2.46.